The van der Waals surface area contributed by atoms with Gasteiger partial charge in [0.1, 0.15) is 6.61 Å². The van der Waals surface area contributed by atoms with Gasteiger partial charge in [-0.05, 0) is 18.5 Å². The molecule has 1 aromatic rings. The number of nitrogens with one attached hydrogen (secondary N) is 1. The number of esters is 1. The van der Waals surface area contributed by atoms with Gasteiger partial charge in [0.2, 0.25) is 5.54 Å². The van der Waals surface area contributed by atoms with Crippen molar-refractivity contribution in [2.24, 2.45) is 5.92 Å². The van der Waals surface area contributed by atoms with E-state index in [1.54, 1.807) is 13.8 Å². The molecule has 0 spiro atoms. The molecule has 1 unspecified atom stereocenters. The Kier molecular flexibility index (Phi) is 5.06. The van der Waals surface area contributed by atoms with E-state index < -0.39 is 23.4 Å². The molecule has 0 saturated carbocycles. The van der Waals surface area contributed by atoms with E-state index in [4.69, 9.17) is 4.74 Å². The highest BCUT2D eigenvalue weighted by Crippen LogP contribution is 2.20. The van der Waals surface area contributed by atoms with Crippen LogP contribution in [0.25, 0.3) is 0 Å². The second-order valence-electron chi connectivity index (χ2n) is 4.58. The number of ether oxygens (including phenoxy) is 1. The molecule has 5 heteroatoms. The maximum Gasteiger partial charge on any atom is 0.338 e. The average Bonchev–Trinajstić information content (AvgIpc) is 2.38. The van der Waals surface area contributed by atoms with Crippen molar-refractivity contribution in [1.82, 2.24) is 5.32 Å². The minimum atomic E-state index is -1.71. The Hall–Kier alpha value is -1.88. The zero-order valence-electron chi connectivity index (χ0n) is 11.3. The highest BCUT2D eigenvalue weighted by atomic mass is 16.5. The van der Waals surface area contributed by atoms with Crippen molar-refractivity contribution < 1.29 is 19.4 Å². The Bertz CT molecular complexity index is 444. The maximum atomic E-state index is 12.1. The molecule has 2 N–H and O–H groups in total. The molecular weight excluding hydrogens is 246 g/mol. The molecule has 0 amide bonds. The molecule has 5 nitrogen and oxygen atoms in total. The van der Waals surface area contributed by atoms with Crippen molar-refractivity contribution in [1.29, 1.82) is 0 Å². The van der Waals surface area contributed by atoms with Crippen LogP contribution in [0.2, 0.25) is 0 Å². The van der Waals surface area contributed by atoms with E-state index in [0.29, 0.717) is 0 Å². The molecule has 0 heterocycles. The molecule has 0 bridgehead atoms. The van der Waals surface area contributed by atoms with E-state index in [2.05, 4.69) is 5.32 Å². The number of carbonyl (C=O) groups excluding carboxylic acids is 1. The predicted octanol–water partition coefficient (Wildman–Crippen LogP) is 1.43. The van der Waals surface area contributed by atoms with Gasteiger partial charge >= 0.3 is 11.9 Å². The van der Waals surface area contributed by atoms with Crippen molar-refractivity contribution in [2.45, 2.75) is 26.0 Å². The first-order valence-corrected chi connectivity index (χ1v) is 6.08. The van der Waals surface area contributed by atoms with Crippen LogP contribution in [0.15, 0.2) is 30.3 Å². The predicted molar refractivity (Wildman–Crippen MR) is 70.5 cm³/mol. The number of hydrogen-bond donors (Lipinski definition) is 2. The Balaban J connectivity index is 2.82. The fraction of sp³-hybridized carbons (Fsp3) is 0.429. The van der Waals surface area contributed by atoms with Gasteiger partial charge in [0.25, 0.3) is 0 Å². The van der Waals surface area contributed by atoms with Crippen LogP contribution in [0.3, 0.4) is 0 Å². The molecule has 0 radical (unpaired) electrons. The van der Waals surface area contributed by atoms with Gasteiger partial charge in [-0.1, -0.05) is 44.2 Å². The Morgan fingerprint density at radius 1 is 1.32 bits per heavy atom. The van der Waals surface area contributed by atoms with Gasteiger partial charge in [-0.25, -0.2) is 9.59 Å². The molecule has 1 atom stereocenters. The Labute approximate surface area is 112 Å². The SMILES string of the molecule is CNC(C(=O)O)(C(=O)OCc1ccccc1)C(C)C. The molecule has 0 aliphatic rings. The number of benzene rings is 1. The van der Waals surface area contributed by atoms with Gasteiger partial charge < -0.3 is 9.84 Å². The van der Waals surface area contributed by atoms with Crippen LogP contribution in [0.4, 0.5) is 0 Å². The van der Waals surface area contributed by atoms with Crippen LogP contribution in [-0.4, -0.2) is 29.6 Å². The highest BCUT2D eigenvalue weighted by Gasteiger charge is 2.49. The van der Waals surface area contributed by atoms with Crippen LogP contribution in [0.5, 0.6) is 0 Å². The van der Waals surface area contributed by atoms with Crippen molar-refractivity contribution in [3.8, 4) is 0 Å². The number of rotatable bonds is 6. The van der Waals surface area contributed by atoms with Gasteiger partial charge in [-0.15, -0.1) is 0 Å². The Morgan fingerprint density at radius 3 is 2.32 bits per heavy atom. The molecule has 0 fully saturated rings. The molecule has 0 saturated heterocycles. The maximum absolute atomic E-state index is 12.1. The number of carboxylic acid groups (broad SMARTS) is 1. The third kappa shape index (κ3) is 3.12. The molecule has 0 aliphatic heterocycles. The van der Waals surface area contributed by atoms with Crippen LogP contribution >= 0.6 is 0 Å². The molecular formula is C14H19NO4. The van der Waals surface area contributed by atoms with E-state index in [1.807, 2.05) is 30.3 Å². The summed E-state index contributed by atoms with van der Waals surface area (Å²) in [6, 6.07) is 9.13. The summed E-state index contributed by atoms with van der Waals surface area (Å²) in [5.41, 5.74) is -0.899. The number of carbonyl (C=O) groups is 2. The summed E-state index contributed by atoms with van der Waals surface area (Å²) >= 11 is 0. The first kappa shape index (κ1) is 15.2. The molecule has 0 aliphatic carbocycles. The van der Waals surface area contributed by atoms with E-state index >= 15 is 0 Å². The fourth-order valence-electron chi connectivity index (χ4n) is 1.90. The average molecular weight is 265 g/mol. The lowest BCUT2D eigenvalue weighted by Gasteiger charge is -2.30. The van der Waals surface area contributed by atoms with Crippen molar-refractivity contribution in [2.75, 3.05) is 7.05 Å². The van der Waals surface area contributed by atoms with Crippen LogP contribution < -0.4 is 5.32 Å². The molecule has 1 aromatic carbocycles. The first-order valence-electron chi connectivity index (χ1n) is 6.08. The largest absolute Gasteiger partial charge is 0.479 e. The number of carboxylic acids is 1. The summed E-state index contributed by atoms with van der Waals surface area (Å²) in [6.45, 7) is 3.38. The molecule has 1 rings (SSSR count). The van der Waals surface area contributed by atoms with Gasteiger partial charge in [0, 0.05) is 0 Å². The summed E-state index contributed by atoms with van der Waals surface area (Å²) in [4.78, 5) is 23.5. The lowest BCUT2D eigenvalue weighted by Crippen LogP contribution is -2.61. The third-order valence-electron chi connectivity index (χ3n) is 3.13. The lowest BCUT2D eigenvalue weighted by molar-refractivity contribution is -0.166. The van der Waals surface area contributed by atoms with Gasteiger partial charge in [0.15, 0.2) is 0 Å². The second-order valence-corrected chi connectivity index (χ2v) is 4.58. The summed E-state index contributed by atoms with van der Waals surface area (Å²) in [5.74, 6) is -2.44. The van der Waals surface area contributed by atoms with Gasteiger partial charge in [-0.2, -0.15) is 0 Å². The van der Waals surface area contributed by atoms with Gasteiger partial charge in [0.05, 0.1) is 0 Å². The van der Waals surface area contributed by atoms with E-state index in [0.717, 1.165) is 5.56 Å². The number of likely N-dealkylation sites (N-methyl/N-ethyl adjacent to an activating group) is 1. The minimum Gasteiger partial charge on any atom is -0.479 e. The monoisotopic (exact) mass is 265 g/mol. The smallest absolute Gasteiger partial charge is 0.338 e. The van der Waals surface area contributed by atoms with Crippen molar-refractivity contribution in [3.05, 3.63) is 35.9 Å². The quantitative estimate of drug-likeness (QED) is 0.601. The number of hydrogen-bond acceptors (Lipinski definition) is 4. The standard InChI is InChI=1S/C14H19NO4/c1-10(2)14(15-3,12(16)17)13(18)19-9-11-7-5-4-6-8-11/h4-8,10,15H,9H2,1-3H3,(H,16,17). The van der Waals surface area contributed by atoms with Crippen LogP contribution in [-0.2, 0) is 20.9 Å². The third-order valence-corrected chi connectivity index (χ3v) is 3.13. The van der Waals surface area contributed by atoms with Crippen molar-refractivity contribution in [3.63, 3.8) is 0 Å². The van der Waals surface area contributed by atoms with Gasteiger partial charge in [-0.3, -0.25) is 5.32 Å². The lowest BCUT2D eigenvalue weighted by atomic mass is 9.86. The van der Waals surface area contributed by atoms with E-state index in [9.17, 15) is 14.7 Å². The normalized spacial score (nSPS) is 13.9. The molecule has 19 heavy (non-hydrogen) atoms. The van der Waals surface area contributed by atoms with Crippen molar-refractivity contribution >= 4 is 11.9 Å². The highest BCUT2D eigenvalue weighted by molar-refractivity contribution is 6.04. The summed E-state index contributed by atoms with van der Waals surface area (Å²) in [5, 5.41) is 11.9. The fourth-order valence-corrected chi connectivity index (χ4v) is 1.90. The summed E-state index contributed by atoms with van der Waals surface area (Å²) < 4.78 is 5.12. The zero-order chi connectivity index (χ0) is 14.5. The number of aliphatic carboxylic acids is 1. The van der Waals surface area contributed by atoms with E-state index in [1.165, 1.54) is 7.05 Å². The molecule has 104 valence electrons. The first-order chi connectivity index (χ1) is 8.95. The summed E-state index contributed by atoms with van der Waals surface area (Å²) in [7, 11) is 1.44. The second kappa shape index (κ2) is 6.33. The zero-order valence-corrected chi connectivity index (χ0v) is 11.3. The van der Waals surface area contributed by atoms with Crippen LogP contribution in [0.1, 0.15) is 19.4 Å². The topological polar surface area (TPSA) is 75.6 Å². The Morgan fingerprint density at radius 2 is 1.89 bits per heavy atom. The van der Waals surface area contributed by atoms with Crippen LogP contribution in [0, 0.1) is 5.92 Å². The summed E-state index contributed by atoms with van der Waals surface area (Å²) in [6.07, 6.45) is 0. The molecule has 0 aromatic heterocycles. The minimum absolute atomic E-state index is 0.0586. The van der Waals surface area contributed by atoms with E-state index in [-0.39, 0.29) is 6.61 Å².